The fourth-order valence-electron chi connectivity index (χ4n) is 5.41. The van der Waals surface area contributed by atoms with Crippen molar-refractivity contribution in [3.05, 3.63) is 85.1 Å². The maximum absolute atomic E-state index is 12.5. The van der Waals surface area contributed by atoms with E-state index in [1.807, 2.05) is 33.3 Å². The van der Waals surface area contributed by atoms with E-state index in [0.29, 0.717) is 19.3 Å². The summed E-state index contributed by atoms with van der Waals surface area (Å²) in [7, 11) is 5.48. The van der Waals surface area contributed by atoms with Gasteiger partial charge in [0.1, 0.15) is 6.61 Å². The van der Waals surface area contributed by atoms with E-state index in [-0.39, 0.29) is 42.7 Å². The third kappa shape index (κ3) is 34.3. The molecule has 0 aliphatic carbocycles. The number of aliphatic carboxylic acids is 1. The van der Waals surface area contributed by atoms with Gasteiger partial charge in [0.25, 0.3) is 0 Å². The number of carboxylic acids is 1. The van der Waals surface area contributed by atoms with Crippen molar-refractivity contribution in [3.63, 3.8) is 0 Å². The Balaban J connectivity index is 4.24. The van der Waals surface area contributed by atoms with Crippen LogP contribution in [0.3, 0.4) is 0 Å². The fourth-order valence-corrected chi connectivity index (χ4v) is 5.41. The fraction of sp³-hybridized carbons (Fsp3) is 0.630. The van der Waals surface area contributed by atoms with Gasteiger partial charge in [0.2, 0.25) is 0 Å². The van der Waals surface area contributed by atoms with Gasteiger partial charge in [-0.25, -0.2) is 4.79 Å². The molecule has 0 radical (unpaired) electrons. The molecule has 0 bridgehead atoms. The zero-order chi connectivity index (χ0) is 40.0. The number of allylic oxidation sites excluding steroid dienone is 14. The van der Waals surface area contributed by atoms with Gasteiger partial charge in [0, 0.05) is 19.3 Å². The van der Waals surface area contributed by atoms with Crippen molar-refractivity contribution in [1.29, 1.82) is 0 Å². The summed E-state index contributed by atoms with van der Waals surface area (Å²) in [5.74, 6) is -1.59. The second-order valence-corrected chi connectivity index (χ2v) is 14.5. The highest BCUT2D eigenvalue weighted by Gasteiger charge is 2.31. The van der Waals surface area contributed by atoms with Crippen LogP contribution in [0.5, 0.6) is 0 Å². The molecule has 0 aliphatic heterocycles. The minimum atomic E-state index is -0.890. The van der Waals surface area contributed by atoms with Crippen LogP contribution in [0.15, 0.2) is 85.1 Å². The molecule has 306 valence electrons. The normalized spacial score (nSPS) is 13.9. The predicted molar refractivity (Wildman–Crippen MR) is 224 cm³/mol. The molecular formula is C46H76NO7+. The van der Waals surface area contributed by atoms with Gasteiger partial charge in [-0.15, -0.1) is 0 Å². The van der Waals surface area contributed by atoms with Crippen molar-refractivity contribution in [1.82, 2.24) is 0 Å². The number of hydrogen-bond donors (Lipinski definition) is 1. The number of ether oxygens (including phenoxy) is 3. The van der Waals surface area contributed by atoms with Crippen LogP contribution in [0.2, 0.25) is 0 Å². The summed E-state index contributed by atoms with van der Waals surface area (Å²) in [5, 5.41) is 9.57. The van der Waals surface area contributed by atoms with Crippen molar-refractivity contribution in [2.45, 2.75) is 148 Å². The molecule has 0 fully saturated rings. The number of esters is 2. The van der Waals surface area contributed by atoms with Crippen LogP contribution >= 0.6 is 0 Å². The number of hydrogen-bond acceptors (Lipinski definition) is 6. The third-order valence-electron chi connectivity index (χ3n) is 8.55. The molecule has 0 aliphatic rings. The zero-order valence-corrected chi connectivity index (χ0v) is 34.6. The Hall–Kier alpha value is -3.49. The first kappa shape index (κ1) is 50.5. The molecule has 8 heteroatoms. The molecule has 2 atom stereocenters. The minimum absolute atomic E-state index is 0.0290. The monoisotopic (exact) mass is 755 g/mol. The average molecular weight is 755 g/mol. The Bertz CT molecular complexity index is 1160. The largest absolute Gasteiger partial charge is 0.477 e. The first-order valence-corrected chi connectivity index (χ1v) is 20.6. The summed E-state index contributed by atoms with van der Waals surface area (Å²) in [6.07, 6.45) is 46.7. The Morgan fingerprint density at radius 2 is 1.02 bits per heavy atom. The number of likely N-dealkylation sites (N-methyl/N-ethyl adjacent to an activating group) is 1. The summed E-state index contributed by atoms with van der Waals surface area (Å²) >= 11 is 0. The average Bonchev–Trinajstić information content (AvgIpc) is 3.12. The lowest BCUT2D eigenvalue weighted by atomic mass is 10.1. The molecule has 0 aromatic carbocycles. The predicted octanol–water partition coefficient (Wildman–Crippen LogP) is 11.0. The Morgan fingerprint density at radius 3 is 1.52 bits per heavy atom. The van der Waals surface area contributed by atoms with E-state index < -0.39 is 18.1 Å². The molecule has 2 unspecified atom stereocenters. The van der Waals surface area contributed by atoms with E-state index in [1.54, 1.807) is 0 Å². The highest BCUT2D eigenvalue weighted by molar-refractivity contribution is 5.72. The highest BCUT2D eigenvalue weighted by Crippen LogP contribution is 2.12. The molecule has 0 amide bonds. The van der Waals surface area contributed by atoms with E-state index >= 15 is 0 Å². The summed E-state index contributed by atoms with van der Waals surface area (Å²) in [5.41, 5.74) is 0. The van der Waals surface area contributed by atoms with Crippen LogP contribution in [0.4, 0.5) is 0 Å². The van der Waals surface area contributed by atoms with Gasteiger partial charge in [-0.1, -0.05) is 131 Å². The summed E-state index contributed by atoms with van der Waals surface area (Å²) in [4.78, 5) is 36.7. The molecule has 0 aromatic rings. The second kappa shape index (κ2) is 36.5. The van der Waals surface area contributed by atoms with Crippen LogP contribution in [0.1, 0.15) is 136 Å². The van der Waals surface area contributed by atoms with E-state index in [0.717, 1.165) is 77.0 Å². The smallest absolute Gasteiger partial charge is 0.362 e. The molecule has 0 saturated carbocycles. The molecule has 8 nitrogen and oxygen atoms in total. The molecule has 0 heterocycles. The molecule has 0 saturated heterocycles. The molecule has 0 spiro atoms. The number of rotatable bonds is 35. The quantitative estimate of drug-likeness (QED) is 0.0298. The van der Waals surface area contributed by atoms with E-state index in [1.165, 1.54) is 19.3 Å². The number of carbonyl (C=O) groups is 3. The summed E-state index contributed by atoms with van der Waals surface area (Å²) in [6.45, 7) is 4.37. The molecule has 1 N–H and O–H groups in total. The maximum Gasteiger partial charge on any atom is 0.362 e. The number of carboxylic acid groups (broad SMARTS) is 1. The van der Waals surface area contributed by atoms with Gasteiger partial charge in [0.15, 0.2) is 12.1 Å². The Kier molecular flexibility index (Phi) is 34.1. The van der Waals surface area contributed by atoms with Gasteiger partial charge in [-0.2, -0.15) is 0 Å². The van der Waals surface area contributed by atoms with Crippen molar-refractivity contribution < 1.29 is 38.2 Å². The van der Waals surface area contributed by atoms with Gasteiger partial charge in [-0.3, -0.25) is 9.59 Å². The lowest BCUT2D eigenvalue weighted by Crippen LogP contribution is -2.50. The standard InChI is InChI=1S/C46H75NO7/c1-6-8-10-12-14-15-16-17-18-19-20-21-22-23-24-25-26-27-28-29-31-32-34-36-44(48)53-41-42(40-52-39-38-43(46(50)51)47(3,4)5)54-45(49)37-35-33-30-13-11-9-7-2/h8-11,14-15,17-18,20-21,23-24,30,33,42-43H,6-7,12-13,16,19,22,25-29,31-32,34-41H2,1-5H3/p+1/b10-8+,11-9+,15-14+,18-17+,21-20+,24-23+,33-30+. The van der Waals surface area contributed by atoms with Crippen molar-refractivity contribution in [3.8, 4) is 0 Å². The lowest BCUT2D eigenvalue weighted by molar-refractivity contribution is -0.887. The molecule has 54 heavy (non-hydrogen) atoms. The molecular weight excluding hydrogens is 679 g/mol. The number of quaternary nitrogens is 1. The van der Waals surface area contributed by atoms with Gasteiger partial charge < -0.3 is 23.8 Å². The lowest BCUT2D eigenvalue weighted by Gasteiger charge is -2.31. The highest BCUT2D eigenvalue weighted by atomic mass is 16.6. The van der Waals surface area contributed by atoms with Crippen LogP contribution in [0.25, 0.3) is 0 Å². The van der Waals surface area contributed by atoms with Crippen LogP contribution in [-0.4, -0.2) is 80.6 Å². The molecule has 0 aromatic heterocycles. The maximum atomic E-state index is 12.5. The van der Waals surface area contributed by atoms with Crippen molar-refractivity contribution in [2.75, 3.05) is 41.0 Å². The van der Waals surface area contributed by atoms with E-state index in [2.05, 4.69) is 86.8 Å². The van der Waals surface area contributed by atoms with E-state index in [4.69, 9.17) is 14.2 Å². The second-order valence-electron chi connectivity index (χ2n) is 14.5. The topological polar surface area (TPSA) is 99.1 Å². The van der Waals surface area contributed by atoms with Gasteiger partial charge >= 0.3 is 17.9 Å². The van der Waals surface area contributed by atoms with Crippen LogP contribution < -0.4 is 0 Å². The zero-order valence-electron chi connectivity index (χ0n) is 34.6. The van der Waals surface area contributed by atoms with E-state index in [9.17, 15) is 19.5 Å². The minimum Gasteiger partial charge on any atom is -0.477 e. The summed E-state index contributed by atoms with van der Waals surface area (Å²) < 4.78 is 17.1. The van der Waals surface area contributed by atoms with Crippen LogP contribution in [-0.2, 0) is 28.6 Å². The van der Waals surface area contributed by atoms with Gasteiger partial charge in [0.05, 0.1) is 34.4 Å². The summed E-state index contributed by atoms with van der Waals surface area (Å²) in [6, 6.07) is -0.627. The van der Waals surface area contributed by atoms with Gasteiger partial charge in [-0.05, 0) is 70.6 Å². The SMILES string of the molecule is CC/C=C/C/C=C/C/C=C/C/C=C/C/C=C/CCCCCCCCCC(=O)OCC(COCCC(C(=O)O)[N+](C)(C)C)OC(=O)CC/C=C/C/C=C/CC. The Morgan fingerprint density at radius 1 is 0.556 bits per heavy atom. The first-order valence-electron chi connectivity index (χ1n) is 20.6. The number of nitrogens with zero attached hydrogens (tertiary/aromatic N) is 1. The van der Waals surface area contributed by atoms with Crippen LogP contribution in [0, 0.1) is 0 Å². The third-order valence-corrected chi connectivity index (χ3v) is 8.55. The molecule has 0 rings (SSSR count). The van der Waals surface area contributed by atoms with Crippen molar-refractivity contribution >= 4 is 17.9 Å². The first-order chi connectivity index (χ1) is 26.1. The number of unbranched alkanes of at least 4 members (excludes halogenated alkanes) is 7. The van der Waals surface area contributed by atoms with Crippen molar-refractivity contribution in [2.24, 2.45) is 0 Å². The Labute approximate surface area is 329 Å². The number of carbonyl (C=O) groups excluding carboxylic acids is 2.